The fourth-order valence-corrected chi connectivity index (χ4v) is 2.49. The molecule has 0 heterocycles. The predicted molar refractivity (Wildman–Crippen MR) is 91.5 cm³/mol. The molecule has 0 aromatic heterocycles. The Morgan fingerprint density at radius 2 is 1.65 bits per heavy atom. The summed E-state index contributed by atoms with van der Waals surface area (Å²) in [5.74, 6) is 0. The topological polar surface area (TPSA) is 29.5 Å². The Hall–Kier alpha value is -0.383. The third-order valence-corrected chi connectivity index (χ3v) is 8.62. The molecule has 0 unspecified atom stereocenters. The molecule has 118 valence electrons. The molecule has 0 aliphatic heterocycles. The first-order valence-electron chi connectivity index (χ1n) is 7.61. The predicted octanol–water partition coefficient (Wildman–Crippen LogP) is 4.92. The number of allylic oxidation sites excluding steroid dienone is 3. The molecule has 0 aliphatic rings. The van der Waals surface area contributed by atoms with Crippen molar-refractivity contribution in [2.45, 2.75) is 65.6 Å². The molecule has 0 amide bonds. The number of aliphatic hydroxyl groups excluding tert-OH is 1. The first-order chi connectivity index (χ1) is 9.02. The Balaban J connectivity index is 4.16. The third kappa shape index (κ3) is 8.03. The number of hydrogen-bond donors (Lipinski definition) is 1. The van der Waals surface area contributed by atoms with Crippen molar-refractivity contribution in [2.24, 2.45) is 5.41 Å². The van der Waals surface area contributed by atoms with Gasteiger partial charge < -0.3 is 9.53 Å². The molecule has 0 saturated carbocycles. The molecule has 0 aliphatic carbocycles. The van der Waals surface area contributed by atoms with Gasteiger partial charge in [0.1, 0.15) is 0 Å². The molecule has 0 atom stereocenters. The van der Waals surface area contributed by atoms with E-state index in [0.29, 0.717) is 6.61 Å². The van der Waals surface area contributed by atoms with Gasteiger partial charge in [0.2, 0.25) is 0 Å². The van der Waals surface area contributed by atoms with E-state index in [1.165, 1.54) is 0 Å². The van der Waals surface area contributed by atoms with Gasteiger partial charge in [-0.15, -0.1) is 0 Å². The van der Waals surface area contributed by atoms with E-state index in [1.807, 2.05) is 0 Å². The summed E-state index contributed by atoms with van der Waals surface area (Å²) in [5.41, 5.74) is 0.146. The lowest BCUT2D eigenvalue weighted by molar-refractivity contribution is 0.262. The van der Waals surface area contributed by atoms with Gasteiger partial charge in [0.15, 0.2) is 8.32 Å². The van der Waals surface area contributed by atoms with Gasteiger partial charge in [-0.2, -0.15) is 0 Å². The number of aliphatic hydroxyl groups is 1. The summed E-state index contributed by atoms with van der Waals surface area (Å²) in [6, 6.07) is 0. The smallest absolute Gasteiger partial charge is 0.192 e. The number of hydrogen-bond acceptors (Lipinski definition) is 2. The first-order valence-corrected chi connectivity index (χ1v) is 10.5. The van der Waals surface area contributed by atoms with Crippen LogP contribution in [0.25, 0.3) is 0 Å². The van der Waals surface area contributed by atoms with Gasteiger partial charge in [-0.3, -0.25) is 0 Å². The van der Waals surface area contributed by atoms with Crippen LogP contribution in [0.5, 0.6) is 0 Å². The highest BCUT2D eigenvalue weighted by Gasteiger charge is 2.36. The second-order valence-electron chi connectivity index (χ2n) is 7.67. The summed E-state index contributed by atoms with van der Waals surface area (Å²) in [6.45, 7) is 16.7. The summed E-state index contributed by atoms with van der Waals surface area (Å²) >= 11 is 0. The standard InChI is InChI=1S/C17H34O2Si/c1-16(2,3)20(6,7)19-15-10-8-9-12-17(4,5)13-11-14-18/h8-10,12,18H,11,13-15H2,1-7H3/b10-8+,12-9+. The van der Waals surface area contributed by atoms with Gasteiger partial charge >= 0.3 is 0 Å². The second-order valence-corrected chi connectivity index (χ2v) is 12.5. The summed E-state index contributed by atoms with van der Waals surface area (Å²) < 4.78 is 6.08. The monoisotopic (exact) mass is 298 g/mol. The van der Waals surface area contributed by atoms with Gasteiger partial charge in [0.25, 0.3) is 0 Å². The number of rotatable bonds is 8. The largest absolute Gasteiger partial charge is 0.413 e. The van der Waals surface area contributed by atoms with Crippen LogP contribution in [0.4, 0.5) is 0 Å². The molecule has 0 aromatic carbocycles. The van der Waals surface area contributed by atoms with E-state index in [2.05, 4.69) is 72.0 Å². The molecule has 0 rings (SSSR count). The molecule has 1 N–H and O–H groups in total. The molecule has 3 heteroatoms. The Morgan fingerprint density at radius 3 is 2.15 bits per heavy atom. The van der Waals surface area contributed by atoms with E-state index in [0.717, 1.165) is 12.8 Å². The van der Waals surface area contributed by atoms with Gasteiger partial charge in [0, 0.05) is 6.61 Å². The van der Waals surface area contributed by atoms with E-state index in [-0.39, 0.29) is 17.1 Å². The minimum atomic E-state index is -1.62. The molecule has 0 bridgehead atoms. The Labute approximate surface area is 127 Å². The highest BCUT2D eigenvalue weighted by atomic mass is 28.4. The lowest BCUT2D eigenvalue weighted by Gasteiger charge is -2.35. The molecule has 20 heavy (non-hydrogen) atoms. The summed E-state index contributed by atoms with van der Waals surface area (Å²) in [7, 11) is -1.62. The quantitative estimate of drug-likeness (QED) is 0.509. The van der Waals surface area contributed by atoms with Crippen LogP contribution < -0.4 is 0 Å². The third-order valence-electron chi connectivity index (χ3n) is 4.12. The van der Waals surface area contributed by atoms with E-state index >= 15 is 0 Å². The van der Waals surface area contributed by atoms with Crippen LogP contribution in [0.2, 0.25) is 18.1 Å². The second kappa shape index (κ2) is 8.16. The van der Waals surface area contributed by atoms with Crippen LogP contribution in [-0.2, 0) is 4.43 Å². The highest BCUT2D eigenvalue weighted by Crippen LogP contribution is 2.36. The van der Waals surface area contributed by atoms with Crippen LogP contribution in [0.15, 0.2) is 24.3 Å². The maximum atomic E-state index is 8.86. The minimum Gasteiger partial charge on any atom is -0.413 e. The van der Waals surface area contributed by atoms with Crippen molar-refractivity contribution < 1.29 is 9.53 Å². The van der Waals surface area contributed by atoms with Crippen LogP contribution in [-0.4, -0.2) is 26.6 Å². The average Bonchev–Trinajstić information content (AvgIpc) is 2.29. The molecule has 0 fully saturated rings. The van der Waals surface area contributed by atoms with Crippen LogP contribution in [0.3, 0.4) is 0 Å². The maximum absolute atomic E-state index is 8.86. The molecular weight excluding hydrogens is 264 g/mol. The SMILES string of the molecule is CC(C)(/C=C/C=C/CO[Si](C)(C)C(C)(C)C)CCCO. The van der Waals surface area contributed by atoms with E-state index in [9.17, 15) is 0 Å². The van der Waals surface area contributed by atoms with E-state index < -0.39 is 8.32 Å². The van der Waals surface area contributed by atoms with Crippen molar-refractivity contribution in [3.63, 3.8) is 0 Å². The summed E-state index contributed by atoms with van der Waals surface area (Å²) in [6.07, 6.45) is 10.3. The fourth-order valence-electron chi connectivity index (χ4n) is 1.54. The molecule has 0 spiro atoms. The average molecular weight is 299 g/mol. The summed E-state index contributed by atoms with van der Waals surface area (Å²) in [4.78, 5) is 0. The van der Waals surface area contributed by atoms with Crippen molar-refractivity contribution in [1.29, 1.82) is 0 Å². The zero-order valence-corrected chi connectivity index (χ0v) is 15.5. The lowest BCUT2D eigenvalue weighted by atomic mass is 9.87. The fraction of sp³-hybridized carbons (Fsp3) is 0.765. The van der Waals surface area contributed by atoms with E-state index in [1.54, 1.807) is 0 Å². The molecular formula is C17H34O2Si. The zero-order valence-electron chi connectivity index (χ0n) is 14.5. The van der Waals surface area contributed by atoms with Crippen molar-refractivity contribution in [2.75, 3.05) is 13.2 Å². The molecule has 0 radical (unpaired) electrons. The Bertz CT molecular complexity index is 322. The van der Waals surface area contributed by atoms with E-state index in [4.69, 9.17) is 9.53 Å². The van der Waals surface area contributed by atoms with Crippen LogP contribution in [0.1, 0.15) is 47.5 Å². The van der Waals surface area contributed by atoms with Gasteiger partial charge in [-0.1, -0.05) is 58.9 Å². The zero-order chi connectivity index (χ0) is 15.9. The minimum absolute atomic E-state index is 0.146. The van der Waals surface area contributed by atoms with Gasteiger partial charge in [-0.05, 0) is 36.4 Å². The van der Waals surface area contributed by atoms with Crippen LogP contribution >= 0.6 is 0 Å². The highest BCUT2D eigenvalue weighted by molar-refractivity contribution is 6.74. The van der Waals surface area contributed by atoms with Crippen molar-refractivity contribution >= 4 is 8.32 Å². The van der Waals surface area contributed by atoms with Crippen LogP contribution in [0, 0.1) is 5.41 Å². The maximum Gasteiger partial charge on any atom is 0.192 e. The normalized spacial score (nSPS) is 14.6. The van der Waals surface area contributed by atoms with Crippen molar-refractivity contribution in [1.82, 2.24) is 0 Å². The first kappa shape index (κ1) is 19.6. The molecule has 0 saturated heterocycles. The summed E-state index contributed by atoms with van der Waals surface area (Å²) in [5, 5.41) is 9.13. The lowest BCUT2D eigenvalue weighted by Crippen LogP contribution is -2.40. The van der Waals surface area contributed by atoms with Gasteiger partial charge in [0.05, 0.1) is 6.61 Å². The molecule has 0 aromatic rings. The van der Waals surface area contributed by atoms with Gasteiger partial charge in [-0.25, -0.2) is 0 Å². The van der Waals surface area contributed by atoms with Crippen molar-refractivity contribution in [3.05, 3.63) is 24.3 Å². The van der Waals surface area contributed by atoms with Crippen molar-refractivity contribution in [3.8, 4) is 0 Å². The molecule has 2 nitrogen and oxygen atoms in total. The Kier molecular flexibility index (Phi) is 8.00. The Morgan fingerprint density at radius 1 is 1.05 bits per heavy atom.